The number of halogens is 1. The lowest BCUT2D eigenvalue weighted by Crippen LogP contribution is -2.33. The normalized spacial score (nSPS) is 19.9. The monoisotopic (exact) mass is 253 g/mol. The smallest absolute Gasteiger partial charge is 0.123 e. The van der Waals surface area contributed by atoms with E-state index in [9.17, 15) is 4.39 Å². The van der Waals surface area contributed by atoms with Crippen LogP contribution in [0, 0.1) is 5.82 Å². The van der Waals surface area contributed by atoms with Gasteiger partial charge in [0.05, 0.1) is 0 Å². The minimum atomic E-state index is -0.169. The van der Waals surface area contributed by atoms with Crippen LogP contribution in [0.15, 0.2) is 29.2 Å². The van der Waals surface area contributed by atoms with Crippen LogP contribution in [-0.4, -0.2) is 11.3 Å². The summed E-state index contributed by atoms with van der Waals surface area (Å²) in [5.41, 5.74) is 5.99. The number of nitrogens with two attached hydrogens (primary N) is 1. The van der Waals surface area contributed by atoms with Crippen LogP contribution in [0.25, 0.3) is 0 Å². The standard InChI is InChI=1S/C14H20FNS/c15-12-5-7-13(8-6-12)17-14(11-16)9-3-1-2-4-10-14/h5-8H,1-4,9-11,16H2. The molecule has 1 aromatic rings. The van der Waals surface area contributed by atoms with Crippen molar-refractivity contribution in [2.75, 3.05) is 6.54 Å². The predicted molar refractivity (Wildman–Crippen MR) is 71.7 cm³/mol. The van der Waals surface area contributed by atoms with Gasteiger partial charge in [0, 0.05) is 16.2 Å². The Morgan fingerprint density at radius 2 is 1.65 bits per heavy atom. The molecule has 1 aliphatic rings. The Hall–Kier alpha value is -0.540. The van der Waals surface area contributed by atoms with Gasteiger partial charge in [-0.1, -0.05) is 25.7 Å². The van der Waals surface area contributed by atoms with E-state index in [-0.39, 0.29) is 10.6 Å². The highest BCUT2D eigenvalue weighted by Gasteiger charge is 2.30. The van der Waals surface area contributed by atoms with Crippen molar-refractivity contribution in [3.05, 3.63) is 30.1 Å². The molecule has 1 aliphatic carbocycles. The third kappa shape index (κ3) is 3.46. The first-order chi connectivity index (χ1) is 8.24. The number of rotatable bonds is 3. The number of benzene rings is 1. The number of hydrogen-bond acceptors (Lipinski definition) is 2. The summed E-state index contributed by atoms with van der Waals surface area (Å²) in [5.74, 6) is -0.169. The first-order valence-corrected chi connectivity index (χ1v) is 7.20. The van der Waals surface area contributed by atoms with Gasteiger partial charge in [0.2, 0.25) is 0 Å². The molecule has 1 aromatic carbocycles. The molecule has 0 aromatic heterocycles. The van der Waals surface area contributed by atoms with Gasteiger partial charge in [-0.15, -0.1) is 11.8 Å². The van der Waals surface area contributed by atoms with Gasteiger partial charge in [0.15, 0.2) is 0 Å². The Kier molecular flexibility index (Phi) is 4.46. The SMILES string of the molecule is NCC1(Sc2ccc(F)cc2)CCCCCC1. The second kappa shape index (κ2) is 5.87. The van der Waals surface area contributed by atoms with Crippen LogP contribution in [0.1, 0.15) is 38.5 Å². The van der Waals surface area contributed by atoms with Crippen molar-refractivity contribution < 1.29 is 4.39 Å². The summed E-state index contributed by atoms with van der Waals surface area (Å²) in [5, 5.41) is 0. The van der Waals surface area contributed by atoms with Crippen molar-refractivity contribution in [3.8, 4) is 0 Å². The Morgan fingerprint density at radius 1 is 1.06 bits per heavy atom. The van der Waals surface area contributed by atoms with E-state index >= 15 is 0 Å². The summed E-state index contributed by atoms with van der Waals surface area (Å²) < 4.78 is 13.0. The summed E-state index contributed by atoms with van der Waals surface area (Å²) in [6.45, 7) is 0.717. The van der Waals surface area contributed by atoms with Crippen LogP contribution in [0.3, 0.4) is 0 Å². The Morgan fingerprint density at radius 3 is 2.18 bits per heavy atom. The molecule has 17 heavy (non-hydrogen) atoms. The zero-order valence-electron chi connectivity index (χ0n) is 10.1. The van der Waals surface area contributed by atoms with Crippen molar-refractivity contribution in [3.63, 3.8) is 0 Å². The maximum absolute atomic E-state index is 12.9. The van der Waals surface area contributed by atoms with Gasteiger partial charge in [0.1, 0.15) is 5.82 Å². The molecule has 94 valence electrons. The zero-order valence-corrected chi connectivity index (χ0v) is 10.9. The van der Waals surface area contributed by atoms with Crippen LogP contribution >= 0.6 is 11.8 Å². The van der Waals surface area contributed by atoms with E-state index in [1.165, 1.54) is 50.7 Å². The molecule has 0 amide bonds. The van der Waals surface area contributed by atoms with Crippen LogP contribution in [0.2, 0.25) is 0 Å². The molecule has 0 bridgehead atoms. The lowest BCUT2D eigenvalue weighted by molar-refractivity contribution is 0.521. The molecule has 0 atom stereocenters. The molecule has 0 aliphatic heterocycles. The summed E-state index contributed by atoms with van der Waals surface area (Å²) in [6, 6.07) is 6.79. The van der Waals surface area contributed by atoms with Crippen molar-refractivity contribution in [2.24, 2.45) is 5.73 Å². The molecule has 3 heteroatoms. The molecule has 0 radical (unpaired) electrons. The number of hydrogen-bond donors (Lipinski definition) is 1. The van der Waals surface area contributed by atoms with Gasteiger partial charge in [-0.25, -0.2) is 4.39 Å². The number of thioether (sulfide) groups is 1. The third-order valence-electron chi connectivity index (χ3n) is 3.53. The van der Waals surface area contributed by atoms with Gasteiger partial charge in [-0.2, -0.15) is 0 Å². The van der Waals surface area contributed by atoms with E-state index in [0.717, 1.165) is 11.4 Å². The van der Waals surface area contributed by atoms with E-state index in [0.29, 0.717) is 0 Å². The first-order valence-electron chi connectivity index (χ1n) is 6.39. The highest BCUT2D eigenvalue weighted by Crippen LogP contribution is 2.42. The average Bonchev–Trinajstić information content (AvgIpc) is 2.58. The van der Waals surface area contributed by atoms with Crippen molar-refractivity contribution in [1.29, 1.82) is 0 Å². The summed E-state index contributed by atoms with van der Waals surface area (Å²) in [7, 11) is 0. The van der Waals surface area contributed by atoms with Crippen molar-refractivity contribution in [1.82, 2.24) is 0 Å². The Bertz CT molecular complexity index is 342. The maximum Gasteiger partial charge on any atom is 0.123 e. The molecular formula is C14H20FNS. The van der Waals surface area contributed by atoms with Crippen LogP contribution in [0.5, 0.6) is 0 Å². The van der Waals surface area contributed by atoms with Crippen LogP contribution < -0.4 is 5.73 Å². The lowest BCUT2D eigenvalue weighted by atomic mass is 9.99. The van der Waals surface area contributed by atoms with Crippen LogP contribution in [0.4, 0.5) is 4.39 Å². The second-order valence-corrected chi connectivity index (χ2v) is 6.40. The fourth-order valence-electron chi connectivity index (χ4n) is 2.47. The quantitative estimate of drug-likeness (QED) is 0.825. The average molecular weight is 253 g/mol. The van der Waals surface area contributed by atoms with E-state index in [2.05, 4.69) is 0 Å². The Labute approximate surface area is 107 Å². The topological polar surface area (TPSA) is 26.0 Å². The highest BCUT2D eigenvalue weighted by molar-refractivity contribution is 8.00. The van der Waals surface area contributed by atoms with Gasteiger partial charge < -0.3 is 5.73 Å². The highest BCUT2D eigenvalue weighted by atomic mass is 32.2. The van der Waals surface area contributed by atoms with Crippen molar-refractivity contribution in [2.45, 2.75) is 48.2 Å². The molecule has 0 spiro atoms. The summed E-state index contributed by atoms with van der Waals surface area (Å²) in [4.78, 5) is 1.14. The van der Waals surface area contributed by atoms with Crippen LogP contribution in [-0.2, 0) is 0 Å². The van der Waals surface area contributed by atoms with Gasteiger partial charge in [-0.3, -0.25) is 0 Å². The molecule has 0 saturated heterocycles. The molecule has 2 rings (SSSR count). The molecule has 1 saturated carbocycles. The second-order valence-electron chi connectivity index (χ2n) is 4.86. The summed E-state index contributed by atoms with van der Waals surface area (Å²) >= 11 is 1.84. The first kappa shape index (κ1) is 12.9. The molecule has 1 nitrogen and oxygen atoms in total. The predicted octanol–water partition coefficient (Wildman–Crippen LogP) is 3.97. The lowest BCUT2D eigenvalue weighted by Gasteiger charge is -2.30. The fraction of sp³-hybridized carbons (Fsp3) is 0.571. The van der Waals surface area contributed by atoms with Gasteiger partial charge >= 0.3 is 0 Å². The largest absolute Gasteiger partial charge is 0.329 e. The van der Waals surface area contributed by atoms with E-state index < -0.39 is 0 Å². The minimum Gasteiger partial charge on any atom is -0.329 e. The maximum atomic E-state index is 12.9. The Balaban J connectivity index is 2.09. The van der Waals surface area contributed by atoms with Crippen molar-refractivity contribution >= 4 is 11.8 Å². The molecule has 0 heterocycles. The van der Waals surface area contributed by atoms with E-state index in [4.69, 9.17) is 5.73 Å². The molecule has 0 unspecified atom stereocenters. The fourth-order valence-corrected chi connectivity index (χ4v) is 3.82. The third-order valence-corrected chi connectivity index (χ3v) is 5.05. The summed E-state index contributed by atoms with van der Waals surface area (Å²) in [6.07, 6.45) is 7.56. The zero-order chi connectivity index (χ0) is 12.1. The van der Waals surface area contributed by atoms with Gasteiger partial charge in [0.25, 0.3) is 0 Å². The molecular weight excluding hydrogens is 233 g/mol. The minimum absolute atomic E-state index is 0.169. The van der Waals surface area contributed by atoms with E-state index in [1.54, 1.807) is 0 Å². The molecule has 1 fully saturated rings. The van der Waals surface area contributed by atoms with E-state index in [1.807, 2.05) is 23.9 Å². The molecule has 2 N–H and O–H groups in total. The van der Waals surface area contributed by atoms with Gasteiger partial charge in [-0.05, 0) is 37.1 Å².